The predicted octanol–water partition coefficient (Wildman–Crippen LogP) is 1.90. The number of nitrogens with zero attached hydrogens (tertiary/aromatic N) is 3. The van der Waals surface area contributed by atoms with Gasteiger partial charge >= 0.3 is 0 Å². The summed E-state index contributed by atoms with van der Waals surface area (Å²) in [4.78, 5) is 29.1. The minimum Gasteiger partial charge on any atom is -0.347 e. The van der Waals surface area contributed by atoms with Gasteiger partial charge in [0, 0.05) is 36.0 Å². The Balaban J connectivity index is 1.48. The number of aryl methyl sites for hydroxylation is 1. The number of rotatable bonds is 7. The molecule has 8 heteroatoms. The van der Waals surface area contributed by atoms with Gasteiger partial charge in [-0.15, -0.1) is 11.3 Å². The second-order valence-electron chi connectivity index (χ2n) is 5.54. The third kappa shape index (κ3) is 4.63. The van der Waals surface area contributed by atoms with Crippen LogP contribution in [0.25, 0.3) is 0 Å². The average molecular weight is 358 g/mol. The minimum absolute atomic E-state index is 0.108. The summed E-state index contributed by atoms with van der Waals surface area (Å²) in [5.41, 5.74) is 0.721. The lowest BCUT2D eigenvalue weighted by atomic mass is 10.3. The van der Waals surface area contributed by atoms with E-state index in [9.17, 15) is 9.59 Å². The van der Waals surface area contributed by atoms with Crippen molar-refractivity contribution in [1.82, 2.24) is 20.0 Å². The Morgan fingerprint density at radius 3 is 2.96 bits per heavy atom. The fourth-order valence-corrected chi connectivity index (χ4v) is 3.09. The second kappa shape index (κ2) is 7.89. The van der Waals surface area contributed by atoms with Gasteiger partial charge in [0.05, 0.1) is 6.54 Å². The Kier molecular flexibility index (Phi) is 5.39. The fourth-order valence-electron chi connectivity index (χ4n) is 2.39. The lowest BCUT2D eigenvalue weighted by molar-refractivity contribution is -0.121. The lowest BCUT2D eigenvalue weighted by Gasteiger charge is -2.08. The molecule has 3 rings (SSSR count). The summed E-state index contributed by atoms with van der Waals surface area (Å²) in [6.07, 6.45) is 0.826. The zero-order valence-corrected chi connectivity index (χ0v) is 14.6. The molecule has 0 radical (unpaired) electrons. The first kappa shape index (κ1) is 17.1. The third-order valence-electron chi connectivity index (χ3n) is 3.69. The highest BCUT2D eigenvalue weighted by atomic mass is 32.1. The molecule has 130 valence electrons. The van der Waals surface area contributed by atoms with Crippen molar-refractivity contribution in [3.63, 3.8) is 0 Å². The minimum atomic E-state index is -0.173. The quantitative estimate of drug-likeness (QED) is 0.697. The van der Waals surface area contributed by atoms with Gasteiger partial charge in [-0.05, 0) is 24.4 Å². The number of nitrogens with one attached hydrogen (secondary N) is 1. The number of thiophene rings is 1. The van der Waals surface area contributed by atoms with Crippen molar-refractivity contribution in [3.8, 4) is 0 Å². The molecule has 0 aliphatic carbocycles. The lowest BCUT2D eigenvalue weighted by Crippen LogP contribution is -2.27. The monoisotopic (exact) mass is 358 g/mol. The molecule has 0 bridgehead atoms. The van der Waals surface area contributed by atoms with Gasteiger partial charge in [0.2, 0.25) is 11.8 Å². The summed E-state index contributed by atoms with van der Waals surface area (Å²) in [6.45, 7) is 2.36. The molecule has 0 aliphatic heterocycles. The van der Waals surface area contributed by atoms with Crippen LogP contribution in [0.15, 0.2) is 45.0 Å². The Morgan fingerprint density at radius 1 is 1.32 bits per heavy atom. The van der Waals surface area contributed by atoms with Crippen LogP contribution in [0.1, 0.15) is 28.7 Å². The molecule has 3 aromatic rings. The maximum atomic E-state index is 12.0. The molecule has 25 heavy (non-hydrogen) atoms. The first-order valence-corrected chi connectivity index (χ1v) is 8.77. The highest BCUT2D eigenvalue weighted by Crippen LogP contribution is 2.12. The molecular weight excluding hydrogens is 340 g/mol. The van der Waals surface area contributed by atoms with Crippen LogP contribution >= 0.6 is 11.3 Å². The van der Waals surface area contributed by atoms with Crippen molar-refractivity contribution in [2.24, 2.45) is 0 Å². The van der Waals surface area contributed by atoms with Crippen LogP contribution in [-0.4, -0.2) is 20.6 Å². The SMILES string of the molecule is Cc1cccc(=O)n1CCC(=O)NCc1nc(Cc2cccs2)no1. The highest BCUT2D eigenvalue weighted by molar-refractivity contribution is 7.09. The van der Waals surface area contributed by atoms with Crippen LogP contribution in [0.2, 0.25) is 0 Å². The van der Waals surface area contributed by atoms with Crippen LogP contribution in [-0.2, 0) is 24.3 Å². The van der Waals surface area contributed by atoms with Crippen LogP contribution < -0.4 is 10.9 Å². The van der Waals surface area contributed by atoms with E-state index in [1.165, 1.54) is 6.07 Å². The van der Waals surface area contributed by atoms with Gasteiger partial charge in [0.25, 0.3) is 5.56 Å². The molecule has 7 nitrogen and oxygen atoms in total. The van der Waals surface area contributed by atoms with Gasteiger partial charge in [-0.3, -0.25) is 9.59 Å². The van der Waals surface area contributed by atoms with Crippen LogP contribution in [0.4, 0.5) is 0 Å². The molecule has 3 aromatic heterocycles. The summed E-state index contributed by atoms with van der Waals surface area (Å²) in [5.74, 6) is 0.791. The van der Waals surface area contributed by atoms with E-state index < -0.39 is 0 Å². The molecule has 1 N–H and O–H groups in total. The second-order valence-corrected chi connectivity index (χ2v) is 6.58. The summed E-state index contributed by atoms with van der Waals surface area (Å²) in [5, 5.41) is 8.64. The van der Waals surface area contributed by atoms with E-state index in [1.54, 1.807) is 22.0 Å². The Bertz CT molecular complexity index is 899. The van der Waals surface area contributed by atoms with Gasteiger partial charge in [-0.25, -0.2) is 0 Å². The predicted molar refractivity (Wildman–Crippen MR) is 93.3 cm³/mol. The average Bonchev–Trinajstić information content (AvgIpc) is 3.25. The fraction of sp³-hybridized carbons (Fsp3) is 0.294. The number of aromatic nitrogens is 3. The highest BCUT2D eigenvalue weighted by Gasteiger charge is 2.10. The largest absolute Gasteiger partial charge is 0.347 e. The van der Waals surface area contributed by atoms with Crippen LogP contribution in [0.5, 0.6) is 0 Å². The van der Waals surface area contributed by atoms with Crippen molar-refractivity contribution in [1.29, 1.82) is 0 Å². The van der Waals surface area contributed by atoms with Gasteiger partial charge in [-0.2, -0.15) is 4.98 Å². The number of carbonyl (C=O) groups excluding carboxylic acids is 1. The van der Waals surface area contributed by atoms with Crippen molar-refractivity contribution in [2.75, 3.05) is 0 Å². The number of carbonyl (C=O) groups is 1. The molecular formula is C17H18N4O3S. The van der Waals surface area contributed by atoms with E-state index in [-0.39, 0.29) is 24.4 Å². The maximum Gasteiger partial charge on any atom is 0.250 e. The Labute approximate surface area is 148 Å². The van der Waals surface area contributed by atoms with Gasteiger partial charge in [-0.1, -0.05) is 17.3 Å². The first-order valence-electron chi connectivity index (χ1n) is 7.89. The van der Waals surface area contributed by atoms with Gasteiger partial charge in [0.1, 0.15) is 0 Å². The Hall–Kier alpha value is -2.74. The zero-order valence-electron chi connectivity index (χ0n) is 13.8. The van der Waals surface area contributed by atoms with E-state index in [0.717, 1.165) is 10.6 Å². The standard InChI is InChI=1S/C17H18N4O3S/c1-12-4-2-6-17(23)21(12)8-7-15(22)18-11-16-19-14(20-24-16)10-13-5-3-9-25-13/h2-6,9H,7-8,10-11H2,1H3,(H,18,22). The molecule has 0 saturated heterocycles. The number of hydrogen-bond acceptors (Lipinski definition) is 6. The molecule has 1 amide bonds. The maximum absolute atomic E-state index is 12.0. The van der Waals surface area contributed by atoms with Crippen molar-refractivity contribution in [3.05, 3.63) is 68.4 Å². The molecule has 0 atom stereocenters. The molecule has 0 fully saturated rings. The third-order valence-corrected chi connectivity index (χ3v) is 4.57. The van der Waals surface area contributed by atoms with E-state index in [4.69, 9.17) is 4.52 Å². The Morgan fingerprint density at radius 2 is 2.20 bits per heavy atom. The van der Waals surface area contributed by atoms with E-state index in [2.05, 4.69) is 15.5 Å². The normalized spacial score (nSPS) is 10.8. The van der Waals surface area contributed by atoms with E-state index in [0.29, 0.717) is 24.7 Å². The summed E-state index contributed by atoms with van der Waals surface area (Å²) in [6, 6.07) is 9.01. The molecule has 0 unspecified atom stereocenters. The molecule has 0 aliphatic rings. The zero-order chi connectivity index (χ0) is 17.6. The van der Waals surface area contributed by atoms with E-state index in [1.807, 2.05) is 30.5 Å². The first-order chi connectivity index (χ1) is 12.1. The summed E-state index contributed by atoms with van der Waals surface area (Å²) < 4.78 is 6.71. The smallest absolute Gasteiger partial charge is 0.250 e. The summed E-state index contributed by atoms with van der Waals surface area (Å²) in [7, 11) is 0. The van der Waals surface area contributed by atoms with Crippen molar-refractivity contribution >= 4 is 17.2 Å². The number of pyridine rings is 1. The van der Waals surface area contributed by atoms with Crippen LogP contribution in [0, 0.1) is 6.92 Å². The van der Waals surface area contributed by atoms with Gasteiger partial charge < -0.3 is 14.4 Å². The topological polar surface area (TPSA) is 90.0 Å². The molecule has 0 spiro atoms. The molecule has 0 saturated carbocycles. The van der Waals surface area contributed by atoms with E-state index >= 15 is 0 Å². The number of hydrogen-bond donors (Lipinski definition) is 1. The van der Waals surface area contributed by atoms with Gasteiger partial charge in [0.15, 0.2) is 5.82 Å². The summed E-state index contributed by atoms with van der Waals surface area (Å²) >= 11 is 1.63. The van der Waals surface area contributed by atoms with Crippen molar-refractivity contribution in [2.45, 2.75) is 32.9 Å². The van der Waals surface area contributed by atoms with Crippen LogP contribution in [0.3, 0.4) is 0 Å². The number of amides is 1. The molecule has 3 heterocycles. The van der Waals surface area contributed by atoms with Crippen molar-refractivity contribution < 1.29 is 9.32 Å². The molecule has 0 aromatic carbocycles.